The second-order valence-corrected chi connectivity index (χ2v) is 5.22. The third kappa shape index (κ3) is 3.00. The summed E-state index contributed by atoms with van der Waals surface area (Å²) in [4.78, 5) is 14.1. The van der Waals surface area contributed by atoms with Crippen LogP contribution < -0.4 is 11.1 Å². The molecule has 0 radical (unpaired) electrons. The van der Waals surface area contributed by atoms with Crippen LogP contribution in [-0.2, 0) is 9.53 Å². The van der Waals surface area contributed by atoms with Gasteiger partial charge >= 0.3 is 5.97 Å². The van der Waals surface area contributed by atoms with Gasteiger partial charge in [0.05, 0.1) is 18.2 Å². The number of anilines is 1. The van der Waals surface area contributed by atoms with Crippen LogP contribution in [0.2, 0.25) is 0 Å². The fourth-order valence-corrected chi connectivity index (χ4v) is 2.55. The zero-order valence-electron chi connectivity index (χ0n) is 12.3. The Morgan fingerprint density at radius 1 is 1.52 bits per heavy atom. The third-order valence-electron chi connectivity index (χ3n) is 3.49. The Bertz CT molecular complexity index is 613. The second kappa shape index (κ2) is 6.13. The lowest BCUT2D eigenvalue weighted by atomic mass is 9.95. The van der Waals surface area contributed by atoms with E-state index in [9.17, 15) is 4.79 Å². The Balaban J connectivity index is 2.51. The van der Waals surface area contributed by atoms with Gasteiger partial charge in [0.25, 0.3) is 0 Å². The largest absolute Gasteiger partial charge is 0.463 e. The average molecular weight is 305 g/mol. The number of carbonyl (C=O) groups is 1. The van der Waals surface area contributed by atoms with Gasteiger partial charge in [0.1, 0.15) is 0 Å². The predicted octanol–water partition coefficient (Wildman–Crippen LogP) is 1.97. The van der Waals surface area contributed by atoms with Crippen molar-refractivity contribution in [3.8, 4) is 0 Å². The first-order valence-electron chi connectivity index (χ1n) is 6.73. The number of allylic oxidation sites excluding steroid dienone is 1. The Morgan fingerprint density at radius 3 is 2.86 bits per heavy atom. The highest BCUT2D eigenvalue weighted by atomic mass is 32.1. The van der Waals surface area contributed by atoms with Gasteiger partial charge in [0.2, 0.25) is 0 Å². The number of nitrogens with one attached hydrogen (secondary N) is 1. The van der Waals surface area contributed by atoms with E-state index in [0.29, 0.717) is 23.0 Å². The normalized spacial score (nSPS) is 18.5. The smallest absolute Gasteiger partial charge is 0.338 e. The molecular formula is C15H19N3O2S. The van der Waals surface area contributed by atoms with Gasteiger partial charge in [0.15, 0.2) is 5.11 Å². The molecule has 1 aliphatic rings. The van der Waals surface area contributed by atoms with Crippen LogP contribution in [0.1, 0.15) is 25.5 Å². The molecule has 0 spiro atoms. The van der Waals surface area contributed by atoms with Crippen LogP contribution in [0.15, 0.2) is 35.5 Å². The minimum Gasteiger partial charge on any atom is -0.463 e. The van der Waals surface area contributed by atoms with Crippen LogP contribution in [0.5, 0.6) is 0 Å². The molecule has 0 saturated carbocycles. The number of hydrogen-bond donors (Lipinski definition) is 2. The van der Waals surface area contributed by atoms with E-state index in [-0.39, 0.29) is 12.0 Å². The Kier molecular flexibility index (Phi) is 4.47. The molecule has 0 aromatic heterocycles. The summed E-state index contributed by atoms with van der Waals surface area (Å²) < 4.78 is 5.18. The number of esters is 1. The Morgan fingerprint density at radius 2 is 2.24 bits per heavy atom. The molecule has 0 bridgehead atoms. The fourth-order valence-electron chi connectivity index (χ4n) is 2.30. The second-order valence-electron chi connectivity index (χ2n) is 4.83. The van der Waals surface area contributed by atoms with Gasteiger partial charge in [0, 0.05) is 18.4 Å². The minimum atomic E-state index is -0.351. The van der Waals surface area contributed by atoms with E-state index >= 15 is 0 Å². The standard InChI is InChI=1S/C15H19N3O2S/c1-4-20-14(19)12-9(2)18(3)15(21)17-13(12)10-6-5-7-11(16)8-10/h5-8,13H,4,16H2,1-3H3,(H,17,21)/t13-/m0/s1. The maximum absolute atomic E-state index is 12.3. The zero-order chi connectivity index (χ0) is 15.6. The summed E-state index contributed by atoms with van der Waals surface area (Å²) in [5, 5.41) is 3.74. The molecule has 1 heterocycles. The van der Waals surface area contributed by atoms with Crippen molar-refractivity contribution in [1.82, 2.24) is 10.2 Å². The number of rotatable bonds is 3. The first kappa shape index (κ1) is 15.3. The first-order valence-corrected chi connectivity index (χ1v) is 7.14. The summed E-state index contributed by atoms with van der Waals surface area (Å²) in [6.07, 6.45) is 0. The first-order chi connectivity index (χ1) is 9.95. The summed E-state index contributed by atoms with van der Waals surface area (Å²) >= 11 is 5.32. The molecule has 6 heteroatoms. The van der Waals surface area contributed by atoms with Crippen LogP contribution in [-0.4, -0.2) is 29.6 Å². The molecule has 0 unspecified atom stereocenters. The predicted molar refractivity (Wildman–Crippen MR) is 86.4 cm³/mol. The van der Waals surface area contributed by atoms with E-state index in [0.717, 1.165) is 11.3 Å². The highest BCUT2D eigenvalue weighted by Gasteiger charge is 2.33. The summed E-state index contributed by atoms with van der Waals surface area (Å²) in [7, 11) is 1.82. The lowest BCUT2D eigenvalue weighted by molar-refractivity contribution is -0.139. The summed E-state index contributed by atoms with van der Waals surface area (Å²) in [6.45, 7) is 3.97. The lowest BCUT2D eigenvalue weighted by Crippen LogP contribution is -2.46. The van der Waals surface area contributed by atoms with Crippen molar-refractivity contribution in [2.75, 3.05) is 19.4 Å². The van der Waals surface area contributed by atoms with Crippen LogP contribution in [0.4, 0.5) is 5.69 Å². The quantitative estimate of drug-likeness (QED) is 0.505. The SMILES string of the molecule is CCOC(=O)C1=C(C)N(C)C(=S)N[C@H]1c1cccc(N)c1. The summed E-state index contributed by atoms with van der Waals surface area (Å²) in [6, 6.07) is 7.05. The molecule has 1 aromatic rings. The molecule has 0 aliphatic carbocycles. The zero-order valence-corrected chi connectivity index (χ0v) is 13.2. The van der Waals surface area contributed by atoms with Crippen LogP contribution in [0.3, 0.4) is 0 Å². The van der Waals surface area contributed by atoms with Gasteiger partial charge < -0.3 is 20.7 Å². The lowest BCUT2D eigenvalue weighted by Gasteiger charge is -2.35. The summed E-state index contributed by atoms with van der Waals surface area (Å²) in [5.41, 5.74) is 8.70. The number of carbonyl (C=O) groups excluding carboxylic acids is 1. The molecule has 1 atom stereocenters. The number of nitrogens with zero attached hydrogens (tertiary/aromatic N) is 1. The molecule has 1 aromatic carbocycles. The number of hydrogen-bond acceptors (Lipinski definition) is 4. The fraction of sp³-hybridized carbons (Fsp3) is 0.333. The molecule has 0 saturated heterocycles. The summed E-state index contributed by atoms with van der Waals surface area (Å²) in [5.74, 6) is -0.343. The molecule has 21 heavy (non-hydrogen) atoms. The number of ether oxygens (including phenoxy) is 1. The topological polar surface area (TPSA) is 67.6 Å². The van der Waals surface area contributed by atoms with E-state index in [4.69, 9.17) is 22.7 Å². The molecule has 1 aliphatic heterocycles. The number of thiocarbonyl (C=S) groups is 1. The van der Waals surface area contributed by atoms with Crippen LogP contribution in [0.25, 0.3) is 0 Å². The molecule has 3 N–H and O–H groups in total. The monoisotopic (exact) mass is 305 g/mol. The molecule has 0 amide bonds. The van der Waals surface area contributed by atoms with E-state index < -0.39 is 0 Å². The van der Waals surface area contributed by atoms with Crippen molar-refractivity contribution in [2.45, 2.75) is 19.9 Å². The van der Waals surface area contributed by atoms with Crippen molar-refractivity contribution >= 4 is 29.0 Å². The molecular weight excluding hydrogens is 286 g/mol. The molecule has 5 nitrogen and oxygen atoms in total. The van der Waals surface area contributed by atoms with E-state index in [1.807, 2.05) is 32.2 Å². The number of benzene rings is 1. The van der Waals surface area contributed by atoms with Gasteiger partial charge in [-0.05, 0) is 43.8 Å². The van der Waals surface area contributed by atoms with Crippen molar-refractivity contribution in [3.63, 3.8) is 0 Å². The van der Waals surface area contributed by atoms with Crippen molar-refractivity contribution in [2.24, 2.45) is 0 Å². The van der Waals surface area contributed by atoms with E-state index in [1.165, 1.54) is 0 Å². The maximum atomic E-state index is 12.3. The maximum Gasteiger partial charge on any atom is 0.338 e. The van der Waals surface area contributed by atoms with E-state index in [1.54, 1.807) is 17.9 Å². The molecule has 112 valence electrons. The van der Waals surface area contributed by atoms with Crippen LogP contribution >= 0.6 is 12.2 Å². The van der Waals surface area contributed by atoms with Gasteiger partial charge in [-0.25, -0.2) is 4.79 Å². The number of nitrogen functional groups attached to an aromatic ring is 1. The highest BCUT2D eigenvalue weighted by molar-refractivity contribution is 7.80. The van der Waals surface area contributed by atoms with Gasteiger partial charge in [-0.1, -0.05) is 12.1 Å². The van der Waals surface area contributed by atoms with Gasteiger partial charge in [-0.2, -0.15) is 0 Å². The van der Waals surface area contributed by atoms with Crippen molar-refractivity contribution in [1.29, 1.82) is 0 Å². The number of nitrogens with two attached hydrogens (primary N) is 1. The highest BCUT2D eigenvalue weighted by Crippen LogP contribution is 2.31. The van der Waals surface area contributed by atoms with Crippen molar-refractivity contribution < 1.29 is 9.53 Å². The minimum absolute atomic E-state index is 0.327. The van der Waals surface area contributed by atoms with Gasteiger partial charge in [-0.3, -0.25) is 0 Å². The third-order valence-corrected chi connectivity index (χ3v) is 3.89. The Labute approximate surface area is 129 Å². The van der Waals surface area contributed by atoms with Gasteiger partial charge in [-0.15, -0.1) is 0 Å². The molecule has 2 rings (SSSR count). The molecule has 0 fully saturated rings. The van der Waals surface area contributed by atoms with Crippen LogP contribution in [0, 0.1) is 0 Å². The van der Waals surface area contributed by atoms with Crippen molar-refractivity contribution in [3.05, 3.63) is 41.1 Å². The average Bonchev–Trinajstić information content (AvgIpc) is 2.44. The van der Waals surface area contributed by atoms with E-state index in [2.05, 4.69) is 5.32 Å². The Hall–Kier alpha value is -2.08.